The predicted octanol–water partition coefficient (Wildman–Crippen LogP) is 1.39. The Morgan fingerprint density at radius 3 is 2.66 bits per heavy atom. The van der Waals surface area contributed by atoms with Crippen LogP contribution in [0, 0.1) is 5.92 Å². The second-order valence-electron chi connectivity index (χ2n) is 7.74. The van der Waals surface area contributed by atoms with Gasteiger partial charge in [-0.15, -0.1) is 0 Å². The Kier molecular flexibility index (Phi) is 4.61. The summed E-state index contributed by atoms with van der Waals surface area (Å²) < 4.78 is 1.32. The highest BCUT2D eigenvalue weighted by atomic mass is 16.2. The van der Waals surface area contributed by atoms with Crippen molar-refractivity contribution in [3.8, 4) is 11.3 Å². The number of amides is 1. The lowest BCUT2D eigenvalue weighted by Crippen LogP contribution is -2.49. The van der Waals surface area contributed by atoms with Crippen LogP contribution in [0.2, 0.25) is 0 Å². The number of nitrogens with zero attached hydrogens (tertiary/aromatic N) is 3. The van der Waals surface area contributed by atoms with Crippen LogP contribution in [0.25, 0.3) is 22.0 Å². The first-order valence-electron chi connectivity index (χ1n) is 10.0. The van der Waals surface area contributed by atoms with E-state index in [1.165, 1.54) is 4.68 Å². The van der Waals surface area contributed by atoms with Gasteiger partial charge >= 0.3 is 0 Å². The zero-order valence-corrected chi connectivity index (χ0v) is 16.0. The predicted molar refractivity (Wildman–Crippen MR) is 111 cm³/mol. The van der Waals surface area contributed by atoms with Crippen molar-refractivity contribution >= 4 is 16.7 Å². The molecule has 1 amide bonds. The van der Waals surface area contributed by atoms with Gasteiger partial charge in [-0.3, -0.25) is 20.4 Å². The van der Waals surface area contributed by atoms with E-state index in [-0.39, 0.29) is 18.0 Å². The van der Waals surface area contributed by atoms with E-state index >= 15 is 0 Å². The fourth-order valence-electron chi connectivity index (χ4n) is 4.36. The van der Waals surface area contributed by atoms with Crippen LogP contribution in [0.15, 0.2) is 59.4 Å². The molecule has 3 aromatic rings. The molecule has 2 aromatic carbocycles. The molecule has 2 aliphatic heterocycles. The summed E-state index contributed by atoms with van der Waals surface area (Å²) in [7, 11) is 0. The van der Waals surface area contributed by atoms with Crippen molar-refractivity contribution in [1.82, 2.24) is 25.5 Å². The summed E-state index contributed by atoms with van der Waals surface area (Å²) in [6.07, 6.45) is 0.915. The lowest BCUT2D eigenvalue weighted by atomic mass is 9.94. The molecule has 2 fully saturated rings. The average Bonchev–Trinajstić information content (AvgIpc) is 3.24. The van der Waals surface area contributed by atoms with Crippen molar-refractivity contribution in [3.05, 3.63) is 65.0 Å². The van der Waals surface area contributed by atoms with Gasteiger partial charge in [0.25, 0.3) is 5.56 Å². The summed E-state index contributed by atoms with van der Waals surface area (Å²) in [5.74, 6) is 0.355. The van der Waals surface area contributed by atoms with Crippen LogP contribution in [-0.2, 0) is 11.3 Å². The van der Waals surface area contributed by atoms with E-state index in [0.29, 0.717) is 30.4 Å². The number of likely N-dealkylation sites (tertiary alicyclic amines) is 1. The molecule has 2 atom stereocenters. The van der Waals surface area contributed by atoms with Gasteiger partial charge in [-0.05, 0) is 12.5 Å². The van der Waals surface area contributed by atoms with Crippen molar-refractivity contribution in [1.29, 1.82) is 0 Å². The third-order valence-corrected chi connectivity index (χ3v) is 5.94. The first kappa shape index (κ1) is 18.0. The van der Waals surface area contributed by atoms with E-state index in [1.807, 2.05) is 53.4 Å². The SMILES string of the molecule is O=C(Cn1nc(-c2ccccc2)c2ccccc2c1=O)N1CCC2NNCC2C1. The van der Waals surface area contributed by atoms with Crippen LogP contribution in [-0.4, -0.2) is 46.3 Å². The minimum atomic E-state index is -0.229. The van der Waals surface area contributed by atoms with E-state index < -0.39 is 0 Å². The number of hydrogen-bond donors (Lipinski definition) is 2. The van der Waals surface area contributed by atoms with Gasteiger partial charge in [0.05, 0.1) is 11.1 Å². The lowest BCUT2D eigenvalue weighted by molar-refractivity contribution is -0.133. The third kappa shape index (κ3) is 3.32. The zero-order valence-electron chi connectivity index (χ0n) is 16.0. The Balaban J connectivity index is 1.49. The van der Waals surface area contributed by atoms with Crippen LogP contribution in [0.1, 0.15) is 6.42 Å². The Bertz CT molecular complexity index is 1110. The maximum Gasteiger partial charge on any atom is 0.275 e. The Morgan fingerprint density at radius 1 is 1.07 bits per heavy atom. The number of benzene rings is 2. The summed E-state index contributed by atoms with van der Waals surface area (Å²) in [6, 6.07) is 17.6. The Hall–Kier alpha value is -3.03. The topological polar surface area (TPSA) is 79.3 Å². The van der Waals surface area contributed by atoms with E-state index in [4.69, 9.17) is 0 Å². The Labute approximate surface area is 168 Å². The normalized spacial score (nSPS) is 21.3. The first-order chi connectivity index (χ1) is 14.2. The van der Waals surface area contributed by atoms with Gasteiger partial charge in [-0.25, -0.2) is 4.68 Å². The fraction of sp³-hybridized carbons (Fsp3) is 0.318. The number of aromatic nitrogens is 2. The minimum Gasteiger partial charge on any atom is -0.341 e. The molecule has 2 saturated heterocycles. The van der Waals surface area contributed by atoms with Gasteiger partial charge in [0.2, 0.25) is 5.91 Å². The third-order valence-electron chi connectivity index (χ3n) is 5.94. The van der Waals surface area contributed by atoms with Gasteiger partial charge in [0.1, 0.15) is 6.54 Å². The quantitative estimate of drug-likeness (QED) is 0.708. The van der Waals surface area contributed by atoms with Crippen LogP contribution in [0.5, 0.6) is 0 Å². The van der Waals surface area contributed by atoms with Gasteiger partial charge in [0.15, 0.2) is 0 Å². The molecule has 0 saturated carbocycles. The van der Waals surface area contributed by atoms with Crippen molar-refractivity contribution in [3.63, 3.8) is 0 Å². The molecule has 5 rings (SSSR count). The molecule has 0 radical (unpaired) electrons. The molecule has 0 aliphatic carbocycles. The van der Waals surface area contributed by atoms with E-state index in [9.17, 15) is 9.59 Å². The summed E-state index contributed by atoms with van der Waals surface area (Å²) in [5.41, 5.74) is 7.85. The lowest BCUT2D eigenvalue weighted by Gasteiger charge is -2.34. The van der Waals surface area contributed by atoms with Crippen LogP contribution in [0.4, 0.5) is 0 Å². The summed E-state index contributed by atoms with van der Waals surface area (Å²) in [6.45, 7) is 2.22. The molecule has 1 aromatic heterocycles. The number of hydrazine groups is 1. The minimum absolute atomic E-state index is 0.0399. The van der Waals surface area contributed by atoms with Crippen molar-refractivity contribution in [2.24, 2.45) is 5.92 Å². The molecule has 148 valence electrons. The van der Waals surface area contributed by atoms with Crippen molar-refractivity contribution in [2.75, 3.05) is 19.6 Å². The summed E-state index contributed by atoms with van der Waals surface area (Å²) in [4.78, 5) is 27.9. The average molecular weight is 389 g/mol. The van der Waals surface area contributed by atoms with Crippen molar-refractivity contribution in [2.45, 2.75) is 19.0 Å². The maximum absolute atomic E-state index is 13.0. The molecule has 3 heterocycles. The first-order valence-corrected chi connectivity index (χ1v) is 10.0. The number of rotatable bonds is 3. The van der Waals surface area contributed by atoms with Crippen molar-refractivity contribution < 1.29 is 4.79 Å². The summed E-state index contributed by atoms with van der Waals surface area (Å²) in [5, 5.41) is 5.99. The van der Waals surface area contributed by atoms with Gasteiger partial charge < -0.3 is 4.90 Å². The second kappa shape index (κ2) is 7.42. The highest BCUT2D eigenvalue weighted by molar-refractivity contribution is 5.93. The zero-order chi connectivity index (χ0) is 19.8. The molecule has 7 nitrogen and oxygen atoms in total. The van der Waals surface area contributed by atoms with Crippen LogP contribution in [0.3, 0.4) is 0 Å². The smallest absolute Gasteiger partial charge is 0.275 e. The molecule has 2 unspecified atom stereocenters. The number of carbonyl (C=O) groups is 1. The molecule has 2 N–H and O–H groups in total. The summed E-state index contributed by atoms with van der Waals surface area (Å²) >= 11 is 0. The van der Waals surface area contributed by atoms with E-state index in [0.717, 1.165) is 29.6 Å². The second-order valence-corrected chi connectivity index (χ2v) is 7.74. The highest BCUT2D eigenvalue weighted by Gasteiger charge is 2.34. The monoisotopic (exact) mass is 389 g/mol. The molecule has 29 heavy (non-hydrogen) atoms. The number of hydrogen-bond acceptors (Lipinski definition) is 5. The van der Waals surface area contributed by atoms with Gasteiger partial charge in [0, 0.05) is 42.5 Å². The molecule has 0 spiro atoms. The van der Waals surface area contributed by atoms with Crippen LogP contribution < -0.4 is 16.4 Å². The number of nitrogens with one attached hydrogen (secondary N) is 2. The highest BCUT2D eigenvalue weighted by Crippen LogP contribution is 2.24. The molecule has 7 heteroatoms. The maximum atomic E-state index is 13.0. The van der Waals surface area contributed by atoms with Gasteiger partial charge in [-0.2, -0.15) is 5.10 Å². The molecule has 2 aliphatic rings. The van der Waals surface area contributed by atoms with Gasteiger partial charge in [-0.1, -0.05) is 48.5 Å². The number of carbonyl (C=O) groups excluding carboxylic acids is 1. The van der Waals surface area contributed by atoms with E-state index in [2.05, 4.69) is 16.0 Å². The Morgan fingerprint density at radius 2 is 1.83 bits per heavy atom. The van der Waals surface area contributed by atoms with Crippen LogP contribution >= 0.6 is 0 Å². The fourth-order valence-corrected chi connectivity index (χ4v) is 4.36. The molecule has 0 bridgehead atoms. The number of piperidine rings is 1. The largest absolute Gasteiger partial charge is 0.341 e. The standard InChI is InChI=1S/C22H23N5O2/c28-20(26-11-10-19-16(13-26)12-23-24-19)14-27-22(29)18-9-5-4-8-17(18)21(25-27)15-6-2-1-3-7-15/h1-9,16,19,23-24H,10-14H2. The molecular formula is C22H23N5O2. The molecular weight excluding hydrogens is 366 g/mol. The number of fused-ring (bicyclic) bond motifs is 2. The van der Waals surface area contributed by atoms with E-state index in [1.54, 1.807) is 6.07 Å².